The summed E-state index contributed by atoms with van der Waals surface area (Å²) in [6.45, 7) is 5.91. The molecule has 1 N–H and O–H groups in total. The van der Waals surface area contributed by atoms with Crippen molar-refractivity contribution < 1.29 is 14.3 Å². The maximum Gasteiger partial charge on any atom is 0.256 e. The lowest BCUT2D eigenvalue weighted by Crippen LogP contribution is -2.13. The van der Waals surface area contributed by atoms with Crippen LogP contribution in [0.4, 0.5) is 5.69 Å². The number of ether oxygens (including phenoxy) is 2. The fourth-order valence-corrected chi connectivity index (χ4v) is 2.55. The fraction of sp³-hybridized carbons (Fsp3) is 0.263. The standard InChI is InChI=1S/C19H21N5O3/c1-11-12(2)23-24(13(11)3)19-20-9-15(10-21-19)22-18(25)14-6-16(26-4)8-17(7-14)27-5/h6-10H,1-5H3,(H,22,25). The number of benzene rings is 1. The highest BCUT2D eigenvalue weighted by molar-refractivity contribution is 6.04. The number of amides is 1. The third kappa shape index (κ3) is 3.74. The van der Waals surface area contributed by atoms with E-state index in [9.17, 15) is 4.79 Å². The molecule has 140 valence electrons. The van der Waals surface area contributed by atoms with Crippen LogP contribution in [0.3, 0.4) is 0 Å². The van der Waals surface area contributed by atoms with Gasteiger partial charge >= 0.3 is 0 Å². The van der Waals surface area contributed by atoms with Gasteiger partial charge in [0.1, 0.15) is 11.5 Å². The van der Waals surface area contributed by atoms with Crippen LogP contribution in [-0.4, -0.2) is 39.9 Å². The Balaban J connectivity index is 1.80. The average Bonchev–Trinajstić information content (AvgIpc) is 2.95. The van der Waals surface area contributed by atoms with Crippen molar-refractivity contribution in [3.63, 3.8) is 0 Å². The van der Waals surface area contributed by atoms with Gasteiger partial charge in [-0.3, -0.25) is 4.79 Å². The molecule has 0 fully saturated rings. The Bertz CT molecular complexity index is 958. The van der Waals surface area contributed by atoms with Crippen molar-refractivity contribution in [2.45, 2.75) is 20.8 Å². The summed E-state index contributed by atoms with van der Waals surface area (Å²) >= 11 is 0. The van der Waals surface area contributed by atoms with E-state index >= 15 is 0 Å². The second-order valence-corrected chi connectivity index (χ2v) is 6.03. The Morgan fingerprint density at radius 3 is 2.07 bits per heavy atom. The predicted octanol–water partition coefficient (Wildman–Crippen LogP) is 2.86. The molecule has 0 saturated carbocycles. The average molecular weight is 367 g/mol. The van der Waals surface area contributed by atoms with Crippen molar-refractivity contribution in [1.82, 2.24) is 19.7 Å². The van der Waals surface area contributed by atoms with Gasteiger partial charge < -0.3 is 14.8 Å². The van der Waals surface area contributed by atoms with Gasteiger partial charge in [0.2, 0.25) is 0 Å². The minimum atomic E-state index is -0.314. The Morgan fingerprint density at radius 1 is 1.00 bits per heavy atom. The smallest absolute Gasteiger partial charge is 0.256 e. The maximum absolute atomic E-state index is 12.5. The van der Waals surface area contributed by atoms with Crippen molar-refractivity contribution in [1.29, 1.82) is 0 Å². The first kappa shape index (κ1) is 18.4. The van der Waals surface area contributed by atoms with Gasteiger partial charge in [-0.2, -0.15) is 5.10 Å². The lowest BCUT2D eigenvalue weighted by molar-refractivity contribution is 0.102. The lowest BCUT2D eigenvalue weighted by Gasteiger charge is -2.09. The summed E-state index contributed by atoms with van der Waals surface area (Å²) in [6.07, 6.45) is 3.09. The maximum atomic E-state index is 12.5. The van der Waals surface area contributed by atoms with Gasteiger partial charge in [0.05, 0.1) is 38.0 Å². The fourth-order valence-electron chi connectivity index (χ4n) is 2.55. The zero-order valence-electron chi connectivity index (χ0n) is 15.9. The monoisotopic (exact) mass is 367 g/mol. The van der Waals surface area contributed by atoms with Crippen LogP contribution in [0.25, 0.3) is 5.95 Å². The van der Waals surface area contributed by atoms with Crippen molar-refractivity contribution in [2.75, 3.05) is 19.5 Å². The molecular formula is C19H21N5O3. The third-order valence-corrected chi connectivity index (χ3v) is 4.35. The summed E-state index contributed by atoms with van der Waals surface area (Å²) in [7, 11) is 3.06. The third-order valence-electron chi connectivity index (χ3n) is 4.35. The SMILES string of the molecule is COc1cc(OC)cc(C(=O)Nc2cnc(-n3nc(C)c(C)c3C)nc2)c1. The van der Waals surface area contributed by atoms with Gasteiger partial charge in [-0.15, -0.1) is 0 Å². The molecule has 2 aromatic heterocycles. The van der Waals surface area contributed by atoms with Gasteiger partial charge in [0, 0.05) is 17.3 Å². The molecule has 0 aliphatic heterocycles. The molecule has 3 aromatic rings. The highest BCUT2D eigenvalue weighted by atomic mass is 16.5. The van der Waals surface area contributed by atoms with E-state index in [2.05, 4.69) is 20.4 Å². The first-order chi connectivity index (χ1) is 12.9. The van der Waals surface area contributed by atoms with Crippen molar-refractivity contribution in [3.05, 3.63) is 53.1 Å². The summed E-state index contributed by atoms with van der Waals surface area (Å²) < 4.78 is 12.1. The molecule has 0 bridgehead atoms. The van der Waals surface area contributed by atoms with Crippen LogP contribution in [0, 0.1) is 20.8 Å². The Hall–Kier alpha value is -3.42. The Kier molecular flexibility index (Phi) is 5.07. The number of carbonyl (C=O) groups excluding carboxylic acids is 1. The van der Waals surface area contributed by atoms with Crippen LogP contribution in [0.2, 0.25) is 0 Å². The second kappa shape index (κ2) is 7.45. The molecule has 0 spiro atoms. The van der Waals surface area contributed by atoms with Crippen LogP contribution in [0.5, 0.6) is 11.5 Å². The van der Waals surface area contributed by atoms with Crippen LogP contribution < -0.4 is 14.8 Å². The molecule has 0 saturated heterocycles. The van der Waals surface area contributed by atoms with Gasteiger partial charge in [0.15, 0.2) is 0 Å². The van der Waals surface area contributed by atoms with Crippen LogP contribution in [-0.2, 0) is 0 Å². The number of nitrogens with zero attached hydrogens (tertiary/aromatic N) is 4. The van der Waals surface area contributed by atoms with Crippen LogP contribution in [0.15, 0.2) is 30.6 Å². The summed E-state index contributed by atoms with van der Waals surface area (Å²) in [5.74, 6) is 1.20. The Labute approximate surface area is 157 Å². The van der Waals surface area contributed by atoms with Gasteiger partial charge in [-0.1, -0.05) is 0 Å². The number of anilines is 1. The number of hydrogen-bond acceptors (Lipinski definition) is 6. The predicted molar refractivity (Wildman–Crippen MR) is 101 cm³/mol. The molecule has 0 aliphatic carbocycles. The molecule has 8 nitrogen and oxygen atoms in total. The van der Waals surface area contributed by atoms with E-state index in [1.807, 2.05) is 20.8 Å². The van der Waals surface area contributed by atoms with E-state index < -0.39 is 0 Å². The molecule has 0 aliphatic rings. The van der Waals surface area contributed by atoms with E-state index in [-0.39, 0.29) is 5.91 Å². The molecule has 2 heterocycles. The normalized spacial score (nSPS) is 10.6. The summed E-state index contributed by atoms with van der Waals surface area (Å²) in [5, 5.41) is 7.20. The number of nitrogens with one attached hydrogen (secondary N) is 1. The van der Waals surface area contributed by atoms with Crippen molar-refractivity contribution >= 4 is 11.6 Å². The van der Waals surface area contributed by atoms with Crippen LogP contribution in [0.1, 0.15) is 27.3 Å². The molecule has 8 heteroatoms. The number of aromatic nitrogens is 4. The molecule has 3 rings (SSSR count). The molecule has 1 aromatic carbocycles. The number of rotatable bonds is 5. The summed E-state index contributed by atoms with van der Waals surface area (Å²) in [6, 6.07) is 4.96. The minimum Gasteiger partial charge on any atom is -0.497 e. The number of methoxy groups -OCH3 is 2. The van der Waals surface area contributed by atoms with E-state index in [4.69, 9.17) is 9.47 Å². The van der Waals surface area contributed by atoms with Gasteiger partial charge in [-0.05, 0) is 38.5 Å². The Morgan fingerprint density at radius 2 is 1.59 bits per heavy atom. The largest absolute Gasteiger partial charge is 0.497 e. The first-order valence-corrected chi connectivity index (χ1v) is 8.32. The molecular weight excluding hydrogens is 346 g/mol. The van der Waals surface area contributed by atoms with Gasteiger partial charge in [-0.25, -0.2) is 14.6 Å². The highest BCUT2D eigenvalue weighted by Crippen LogP contribution is 2.23. The van der Waals surface area contributed by atoms with Crippen molar-refractivity contribution in [3.8, 4) is 17.4 Å². The van der Waals surface area contributed by atoms with Crippen LogP contribution >= 0.6 is 0 Å². The van der Waals surface area contributed by atoms with E-state index in [0.29, 0.717) is 28.7 Å². The highest BCUT2D eigenvalue weighted by Gasteiger charge is 2.13. The minimum absolute atomic E-state index is 0.314. The molecule has 27 heavy (non-hydrogen) atoms. The lowest BCUT2D eigenvalue weighted by atomic mass is 10.2. The first-order valence-electron chi connectivity index (χ1n) is 8.32. The molecule has 0 atom stereocenters. The molecule has 0 radical (unpaired) electrons. The molecule has 0 unspecified atom stereocenters. The zero-order chi connectivity index (χ0) is 19.6. The number of carbonyl (C=O) groups is 1. The van der Waals surface area contributed by atoms with E-state index in [1.165, 1.54) is 14.2 Å². The summed E-state index contributed by atoms with van der Waals surface area (Å²) in [5.41, 5.74) is 3.89. The quantitative estimate of drug-likeness (QED) is 0.746. The van der Waals surface area contributed by atoms with E-state index in [0.717, 1.165) is 17.0 Å². The number of aryl methyl sites for hydroxylation is 1. The zero-order valence-corrected chi connectivity index (χ0v) is 15.9. The topological polar surface area (TPSA) is 91.2 Å². The number of hydrogen-bond donors (Lipinski definition) is 1. The summed E-state index contributed by atoms with van der Waals surface area (Å²) in [4.78, 5) is 21.1. The molecule has 1 amide bonds. The van der Waals surface area contributed by atoms with Crippen molar-refractivity contribution in [2.24, 2.45) is 0 Å². The van der Waals surface area contributed by atoms with Gasteiger partial charge in [0.25, 0.3) is 11.9 Å². The second-order valence-electron chi connectivity index (χ2n) is 6.03. The van der Waals surface area contributed by atoms with E-state index in [1.54, 1.807) is 35.3 Å².